The molecule has 146 valence electrons. The lowest BCUT2D eigenvalue weighted by atomic mass is 10.1. The summed E-state index contributed by atoms with van der Waals surface area (Å²) in [6.07, 6.45) is 0. The third kappa shape index (κ3) is 4.32. The van der Waals surface area contributed by atoms with E-state index in [9.17, 15) is 14.7 Å². The van der Waals surface area contributed by atoms with Crippen molar-refractivity contribution in [1.82, 2.24) is 9.88 Å². The average Bonchev–Trinajstić information content (AvgIpc) is 2.68. The Labute approximate surface area is 162 Å². The zero-order chi connectivity index (χ0) is 20.1. The van der Waals surface area contributed by atoms with Crippen molar-refractivity contribution in [1.29, 1.82) is 0 Å². The highest BCUT2D eigenvalue weighted by molar-refractivity contribution is 5.91. The molecule has 1 aromatic heterocycles. The molecule has 1 heterocycles. The SMILES string of the molecule is COc1ccccc1NC(=O)N(CCO)Cc1cc2cc(C)ccc2[nH]c1=O. The normalized spacial score (nSPS) is 10.7. The number of aliphatic hydroxyl groups is 1. The third-order valence-corrected chi connectivity index (χ3v) is 4.44. The monoisotopic (exact) mass is 381 g/mol. The van der Waals surface area contributed by atoms with E-state index in [-0.39, 0.29) is 25.3 Å². The molecule has 7 nitrogen and oxygen atoms in total. The van der Waals surface area contributed by atoms with Gasteiger partial charge in [-0.25, -0.2) is 4.79 Å². The molecule has 3 rings (SSSR count). The zero-order valence-corrected chi connectivity index (χ0v) is 15.9. The largest absolute Gasteiger partial charge is 0.495 e. The fourth-order valence-corrected chi connectivity index (χ4v) is 3.01. The summed E-state index contributed by atoms with van der Waals surface area (Å²) in [4.78, 5) is 29.4. The number of anilines is 1. The number of carbonyl (C=O) groups excluding carboxylic acids is 1. The fraction of sp³-hybridized carbons (Fsp3) is 0.238. The van der Waals surface area contributed by atoms with Gasteiger partial charge in [0.05, 0.1) is 25.9 Å². The van der Waals surface area contributed by atoms with Crippen molar-refractivity contribution in [2.75, 3.05) is 25.6 Å². The van der Waals surface area contributed by atoms with Gasteiger partial charge in [-0.05, 0) is 42.6 Å². The lowest BCUT2D eigenvalue weighted by Gasteiger charge is -2.22. The molecular weight excluding hydrogens is 358 g/mol. The van der Waals surface area contributed by atoms with Crippen LogP contribution in [0, 0.1) is 6.92 Å². The van der Waals surface area contributed by atoms with Crippen LogP contribution >= 0.6 is 0 Å². The molecule has 2 aromatic carbocycles. The van der Waals surface area contributed by atoms with Crippen LogP contribution in [0.2, 0.25) is 0 Å². The van der Waals surface area contributed by atoms with E-state index >= 15 is 0 Å². The zero-order valence-electron chi connectivity index (χ0n) is 15.9. The van der Waals surface area contributed by atoms with Gasteiger partial charge in [-0.3, -0.25) is 4.79 Å². The van der Waals surface area contributed by atoms with Gasteiger partial charge < -0.3 is 25.0 Å². The maximum Gasteiger partial charge on any atom is 0.322 e. The van der Waals surface area contributed by atoms with Crippen LogP contribution in [0.25, 0.3) is 10.9 Å². The number of nitrogens with zero attached hydrogens (tertiary/aromatic N) is 1. The Bertz CT molecular complexity index is 1050. The molecule has 0 radical (unpaired) electrons. The number of aliphatic hydroxyl groups excluding tert-OH is 1. The lowest BCUT2D eigenvalue weighted by molar-refractivity contribution is 0.185. The van der Waals surface area contributed by atoms with Gasteiger partial charge in [0.25, 0.3) is 5.56 Å². The van der Waals surface area contributed by atoms with Crippen LogP contribution in [0.4, 0.5) is 10.5 Å². The molecule has 0 spiro atoms. The molecule has 0 aliphatic heterocycles. The van der Waals surface area contributed by atoms with E-state index in [4.69, 9.17) is 4.74 Å². The maximum absolute atomic E-state index is 12.7. The Hall–Kier alpha value is -3.32. The number of aromatic amines is 1. The smallest absolute Gasteiger partial charge is 0.322 e. The number of ether oxygens (including phenoxy) is 1. The van der Waals surface area contributed by atoms with E-state index in [2.05, 4.69) is 10.3 Å². The predicted octanol–water partition coefficient (Wildman–Crippen LogP) is 2.87. The summed E-state index contributed by atoms with van der Waals surface area (Å²) in [6, 6.07) is 14.2. The minimum Gasteiger partial charge on any atom is -0.495 e. The topological polar surface area (TPSA) is 94.7 Å². The van der Waals surface area contributed by atoms with E-state index in [1.807, 2.05) is 25.1 Å². The van der Waals surface area contributed by atoms with Gasteiger partial charge in [-0.15, -0.1) is 0 Å². The second-order valence-corrected chi connectivity index (χ2v) is 6.49. The molecule has 7 heteroatoms. The van der Waals surface area contributed by atoms with Crippen molar-refractivity contribution in [3.63, 3.8) is 0 Å². The first-order valence-corrected chi connectivity index (χ1v) is 8.94. The molecule has 2 amide bonds. The molecule has 0 aliphatic carbocycles. The van der Waals surface area contributed by atoms with Gasteiger partial charge in [0.15, 0.2) is 0 Å². The minimum atomic E-state index is -0.428. The minimum absolute atomic E-state index is 0.0702. The second kappa shape index (κ2) is 8.58. The number of pyridine rings is 1. The van der Waals surface area contributed by atoms with Crippen molar-refractivity contribution in [3.8, 4) is 5.75 Å². The number of urea groups is 1. The van der Waals surface area contributed by atoms with Crippen molar-refractivity contribution < 1.29 is 14.6 Å². The Morgan fingerprint density at radius 2 is 2.00 bits per heavy atom. The van der Waals surface area contributed by atoms with Crippen molar-refractivity contribution in [2.45, 2.75) is 13.5 Å². The molecule has 3 aromatic rings. The Morgan fingerprint density at radius 1 is 1.21 bits per heavy atom. The predicted molar refractivity (Wildman–Crippen MR) is 109 cm³/mol. The van der Waals surface area contributed by atoms with Crippen molar-refractivity contribution >= 4 is 22.6 Å². The molecule has 3 N–H and O–H groups in total. The maximum atomic E-state index is 12.7. The first kappa shape index (κ1) is 19.4. The number of hydrogen-bond donors (Lipinski definition) is 3. The third-order valence-electron chi connectivity index (χ3n) is 4.44. The average molecular weight is 381 g/mol. The van der Waals surface area contributed by atoms with Crippen LogP contribution in [0.1, 0.15) is 11.1 Å². The molecule has 0 unspecified atom stereocenters. The highest BCUT2D eigenvalue weighted by Crippen LogP contribution is 2.23. The summed E-state index contributed by atoms with van der Waals surface area (Å²) in [7, 11) is 1.52. The first-order valence-electron chi connectivity index (χ1n) is 8.94. The van der Waals surface area contributed by atoms with Crippen LogP contribution in [0.15, 0.2) is 53.3 Å². The van der Waals surface area contributed by atoms with Crippen LogP contribution in [-0.2, 0) is 6.54 Å². The van der Waals surface area contributed by atoms with Crippen molar-refractivity contribution in [2.24, 2.45) is 0 Å². The first-order chi connectivity index (χ1) is 13.5. The summed E-state index contributed by atoms with van der Waals surface area (Å²) in [5, 5.41) is 13.0. The van der Waals surface area contributed by atoms with Crippen LogP contribution in [0.5, 0.6) is 5.75 Å². The van der Waals surface area contributed by atoms with Crippen LogP contribution < -0.4 is 15.6 Å². The highest BCUT2D eigenvalue weighted by atomic mass is 16.5. The number of aromatic nitrogens is 1. The number of benzene rings is 2. The van der Waals surface area contributed by atoms with Crippen LogP contribution in [-0.4, -0.2) is 41.3 Å². The number of hydrogen-bond acceptors (Lipinski definition) is 4. The highest BCUT2D eigenvalue weighted by Gasteiger charge is 2.17. The van der Waals surface area contributed by atoms with E-state index < -0.39 is 6.03 Å². The number of carbonyl (C=O) groups is 1. The summed E-state index contributed by atoms with van der Waals surface area (Å²) in [5.41, 5.74) is 2.52. The molecule has 0 saturated heterocycles. The van der Waals surface area contributed by atoms with Crippen LogP contribution in [0.3, 0.4) is 0 Å². The fourth-order valence-electron chi connectivity index (χ4n) is 3.01. The number of nitrogens with one attached hydrogen (secondary N) is 2. The number of para-hydroxylation sites is 2. The number of rotatable bonds is 6. The number of amides is 2. The van der Waals surface area contributed by atoms with Gasteiger partial charge in [0.2, 0.25) is 0 Å². The molecule has 0 aliphatic rings. The number of H-pyrrole nitrogens is 1. The molecule has 0 bridgehead atoms. The second-order valence-electron chi connectivity index (χ2n) is 6.49. The van der Waals surface area contributed by atoms with Gasteiger partial charge >= 0.3 is 6.03 Å². The summed E-state index contributed by atoms with van der Waals surface area (Å²) in [6.45, 7) is 1.92. The summed E-state index contributed by atoms with van der Waals surface area (Å²) in [5.74, 6) is 0.527. The summed E-state index contributed by atoms with van der Waals surface area (Å²) < 4.78 is 5.25. The van der Waals surface area contributed by atoms with Gasteiger partial charge in [0, 0.05) is 17.6 Å². The quantitative estimate of drug-likeness (QED) is 0.612. The van der Waals surface area contributed by atoms with E-state index in [1.54, 1.807) is 30.3 Å². The molecule has 0 fully saturated rings. The van der Waals surface area contributed by atoms with Gasteiger partial charge in [-0.2, -0.15) is 0 Å². The standard InChI is InChI=1S/C21H23N3O4/c1-14-7-8-17-15(11-14)12-16(20(26)22-17)13-24(9-10-25)21(27)23-18-5-3-4-6-19(18)28-2/h3-8,11-12,25H,9-10,13H2,1-2H3,(H,22,26)(H,23,27). The van der Waals surface area contributed by atoms with Gasteiger partial charge in [0.1, 0.15) is 5.75 Å². The van der Waals surface area contributed by atoms with Crippen molar-refractivity contribution in [3.05, 3.63) is 70.0 Å². The molecular formula is C21H23N3O4. The van der Waals surface area contributed by atoms with E-state index in [1.165, 1.54) is 12.0 Å². The number of aryl methyl sites for hydroxylation is 1. The molecule has 0 atom stereocenters. The Kier molecular flexibility index (Phi) is 5.96. The van der Waals surface area contributed by atoms with E-state index in [0.717, 1.165) is 16.5 Å². The number of methoxy groups -OCH3 is 1. The summed E-state index contributed by atoms with van der Waals surface area (Å²) >= 11 is 0. The van der Waals surface area contributed by atoms with Gasteiger partial charge in [-0.1, -0.05) is 23.8 Å². The Morgan fingerprint density at radius 3 is 2.75 bits per heavy atom. The molecule has 28 heavy (non-hydrogen) atoms. The lowest BCUT2D eigenvalue weighted by Crippen LogP contribution is -2.38. The number of fused-ring (bicyclic) bond motifs is 1. The Balaban J connectivity index is 1.86. The molecule has 0 saturated carbocycles. The van der Waals surface area contributed by atoms with E-state index in [0.29, 0.717) is 17.0 Å².